The van der Waals surface area contributed by atoms with Gasteiger partial charge in [0.25, 0.3) is 0 Å². The average Bonchev–Trinajstić information content (AvgIpc) is 2.95. The Hall–Kier alpha value is -1.65. The summed E-state index contributed by atoms with van der Waals surface area (Å²) in [5, 5.41) is 9.27. The summed E-state index contributed by atoms with van der Waals surface area (Å²) < 4.78 is 0. The van der Waals surface area contributed by atoms with Gasteiger partial charge in [0.15, 0.2) is 5.78 Å². The fourth-order valence-corrected chi connectivity index (χ4v) is 4.14. The van der Waals surface area contributed by atoms with Crippen LogP contribution in [0.4, 0.5) is 0 Å². The number of carboxylic acids is 1. The Morgan fingerprint density at radius 2 is 1.78 bits per heavy atom. The number of hydrogen-bond acceptors (Lipinski definition) is 3. The van der Waals surface area contributed by atoms with E-state index in [9.17, 15) is 14.4 Å². The molecule has 0 amide bonds. The van der Waals surface area contributed by atoms with Crippen LogP contribution in [0.3, 0.4) is 0 Å². The van der Waals surface area contributed by atoms with Gasteiger partial charge in [-0.15, -0.1) is 0 Å². The first-order valence-corrected chi connectivity index (χ1v) is 10.1. The zero-order chi connectivity index (χ0) is 19.8. The molecule has 2 atom stereocenters. The summed E-state index contributed by atoms with van der Waals surface area (Å²) in [6.45, 7) is 0. The summed E-state index contributed by atoms with van der Waals surface area (Å²) in [7, 11) is 0. The van der Waals surface area contributed by atoms with Gasteiger partial charge in [0, 0.05) is 18.8 Å². The van der Waals surface area contributed by atoms with Crippen molar-refractivity contribution in [1.29, 1.82) is 0 Å². The molecule has 146 valence electrons. The normalized spacial score (nSPS) is 19.7. The summed E-state index contributed by atoms with van der Waals surface area (Å²) in [6, 6.07) is 4.94. The number of aliphatic carboxylic acids is 1. The van der Waals surface area contributed by atoms with Crippen molar-refractivity contribution in [3.63, 3.8) is 0 Å². The zero-order valence-electron chi connectivity index (χ0n) is 15.1. The highest BCUT2D eigenvalue weighted by atomic mass is 35.5. The molecular weight excluding hydrogens is 387 g/mol. The van der Waals surface area contributed by atoms with E-state index in [2.05, 4.69) is 0 Å². The van der Waals surface area contributed by atoms with E-state index >= 15 is 0 Å². The number of Topliss-reactive ketones (excluding diaryl/α,β-unsaturated/α-hetero) is 1. The molecule has 6 heteroatoms. The molecule has 0 unspecified atom stereocenters. The van der Waals surface area contributed by atoms with E-state index < -0.39 is 5.97 Å². The molecule has 1 N–H and O–H groups in total. The summed E-state index contributed by atoms with van der Waals surface area (Å²) >= 11 is 12.1. The Bertz CT molecular complexity index is 707. The van der Waals surface area contributed by atoms with Gasteiger partial charge in [0.2, 0.25) is 0 Å². The average molecular weight is 411 g/mol. The Labute approximate surface area is 169 Å². The van der Waals surface area contributed by atoms with Crippen LogP contribution in [0, 0.1) is 11.8 Å². The van der Waals surface area contributed by atoms with Crippen LogP contribution in [0.2, 0.25) is 10.0 Å². The van der Waals surface area contributed by atoms with E-state index in [-0.39, 0.29) is 35.4 Å². The third-order valence-electron chi connectivity index (χ3n) is 5.01. The van der Waals surface area contributed by atoms with Crippen LogP contribution < -0.4 is 0 Å². The van der Waals surface area contributed by atoms with Crippen LogP contribution in [0.5, 0.6) is 0 Å². The third-order valence-corrected chi connectivity index (χ3v) is 5.64. The fourth-order valence-electron chi connectivity index (χ4n) is 3.56. The van der Waals surface area contributed by atoms with Crippen LogP contribution >= 0.6 is 23.2 Å². The molecule has 0 saturated heterocycles. The highest BCUT2D eigenvalue weighted by Crippen LogP contribution is 2.34. The van der Waals surface area contributed by atoms with Crippen molar-refractivity contribution in [3.8, 4) is 0 Å². The second kappa shape index (κ2) is 10.6. The number of rotatable bonds is 10. The molecule has 4 nitrogen and oxygen atoms in total. The number of carbonyl (C=O) groups excluding carboxylic acids is 2. The molecule has 1 aromatic carbocycles. The van der Waals surface area contributed by atoms with E-state index in [1.165, 1.54) is 6.08 Å². The van der Waals surface area contributed by atoms with Gasteiger partial charge in [-0.25, -0.2) is 0 Å². The van der Waals surface area contributed by atoms with Crippen molar-refractivity contribution in [2.24, 2.45) is 11.8 Å². The Kier molecular flexibility index (Phi) is 8.52. The quantitative estimate of drug-likeness (QED) is 0.302. The molecule has 0 heterocycles. The molecule has 0 radical (unpaired) electrons. The fraction of sp³-hybridized carbons (Fsp3) is 0.476. The van der Waals surface area contributed by atoms with Crippen molar-refractivity contribution in [2.75, 3.05) is 0 Å². The highest BCUT2D eigenvalue weighted by Gasteiger charge is 2.32. The van der Waals surface area contributed by atoms with E-state index in [1.54, 1.807) is 18.2 Å². The van der Waals surface area contributed by atoms with E-state index in [4.69, 9.17) is 28.3 Å². The van der Waals surface area contributed by atoms with Gasteiger partial charge >= 0.3 is 5.97 Å². The first-order valence-electron chi connectivity index (χ1n) is 9.31. The number of carboxylic acid groups (broad SMARTS) is 1. The Balaban J connectivity index is 1.88. The minimum atomic E-state index is -0.769. The topological polar surface area (TPSA) is 71.4 Å². The maximum atomic E-state index is 12.4. The molecule has 0 spiro atoms. The van der Waals surface area contributed by atoms with Gasteiger partial charge in [-0.2, -0.15) is 0 Å². The summed E-state index contributed by atoms with van der Waals surface area (Å²) in [5.74, 6) is -0.776. The van der Waals surface area contributed by atoms with Crippen LogP contribution in [0.25, 0.3) is 0 Å². The Morgan fingerprint density at radius 3 is 2.44 bits per heavy atom. The minimum absolute atomic E-state index is 0.0572. The lowest BCUT2D eigenvalue weighted by atomic mass is 9.89. The van der Waals surface area contributed by atoms with Gasteiger partial charge in [-0.3, -0.25) is 14.4 Å². The van der Waals surface area contributed by atoms with Crippen LogP contribution in [0.15, 0.2) is 30.4 Å². The number of carbonyl (C=O) groups is 3. The molecule has 0 aliphatic heterocycles. The van der Waals surface area contributed by atoms with E-state index in [0.717, 1.165) is 32.1 Å². The SMILES string of the molecule is O=C(O)CCCCCC[C@@H]1C(=O)CC[C@H]1C=CC(=O)c1c(Cl)cccc1Cl. The molecular formula is C21H24Cl2O4. The molecule has 1 saturated carbocycles. The smallest absolute Gasteiger partial charge is 0.303 e. The van der Waals surface area contributed by atoms with Gasteiger partial charge in [-0.05, 0) is 43.4 Å². The number of ketones is 2. The number of halogens is 2. The van der Waals surface area contributed by atoms with Crippen molar-refractivity contribution >= 4 is 40.7 Å². The third kappa shape index (κ3) is 6.47. The second-order valence-electron chi connectivity index (χ2n) is 6.94. The molecule has 27 heavy (non-hydrogen) atoms. The van der Waals surface area contributed by atoms with Gasteiger partial charge in [0.1, 0.15) is 5.78 Å². The van der Waals surface area contributed by atoms with Gasteiger partial charge < -0.3 is 5.11 Å². The van der Waals surface area contributed by atoms with Gasteiger partial charge in [0.05, 0.1) is 15.6 Å². The minimum Gasteiger partial charge on any atom is -0.481 e. The predicted octanol–water partition coefficient (Wildman–Crippen LogP) is 5.75. The Morgan fingerprint density at radius 1 is 1.11 bits per heavy atom. The molecule has 1 aliphatic carbocycles. The first-order chi connectivity index (χ1) is 12.9. The van der Waals surface area contributed by atoms with Crippen LogP contribution in [0.1, 0.15) is 61.7 Å². The second-order valence-corrected chi connectivity index (χ2v) is 7.76. The lowest BCUT2D eigenvalue weighted by molar-refractivity contribution is -0.137. The molecule has 1 fully saturated rings. The number of unbranched alkanes of at least 4 members (excludes halogenated alkanes) is 3. The molecule has 1 aliphatic rings. The van der Waals surface area contributed by atoms with Crippen molar-refractivity contribution in [1.82, 2.24) is 0 Å². The number of allylic oxidation sites excluding steroid dienone is 2. The van der Waals surface area contributed by atoms with Crippen LogP contribution in [-0.2, 0) is 9.59 Å². The van der Waals surface area contributed by atoms with Crippen molar-refractivity contribution in [2.45, 2.75) is 51.4 Å². The maximum Gasteiger partial charge on any atom is 0.303 e. The molecule has 2 rings (SSSR count). The summed E-state index contributed by atoms with van der Waals surface area (Å²) in [5.41, 5.74) is 0.288. The summed E-state index contributed by atoms with van der Waals surface area (Å²) in [4.78, 5) is 35.1. The van der Waals surface area contributed by atoms with E-state index in [1.807, 2.05) is 6.08 Å². The lowest BCUT2D eigenvalue weighted by Crippen LogP contribution is -2.13. The molecule has 1 aromatic rings. The predicted molar refractivity (Wildman–Crippen MR) is 106 cm³/mol. The molecule has 0 bridgehead atoms. The standard InChI is InChI=1S/C21H24Cl2O4/c22-16-7-5-8-17(23)21(16)19(25)13-11-14-10-12-18(24)15(14)6-3-1-2-4-9-20(26)27/h5,7-8,11,13-15H,1-4,6,9-10,12H2,(H,26,27)/t14-,15-/m0/s1. The monoisotopic (exact) mass is 410 g/mol. The van der Waals surface area contributed by atoms with E-state index in [0.29, 0.717) is 22.9 Å². The largest absolute Gasteiger partial charge is 0.481 e. The van der Waals surface area contributed by atoms with Crippen molar-refractivity contribution in [3.05, 3.63) is 46.0 Å². The molecule has 0 aromatic heterocycles. The number of benzene rings is 1. The van der Waals surface area contributed by atoms with Crippen molar-refractivity contribution < 1.29 is 19.5 Å². The lowest BCUT2D eigenvalue weighted by Gasteiger charge is -2.14. The maximum absolute atomic E-state index is 12.4. The first kappa shape index (κ1) is 21.6. The van der Waals surface area contributed by atoms with Gasteiger partial charge in [-0.1, -0.05) is 54.6 Å². The summed E-state index contributed by atoms with van der Waals surface area (Å²) in [6.07, 6.45) is 8.91. The zero-order valence-corrected chi connectivity index (χ0v) is 16.6. The highest BCUT2D eigenvalue weighted by molar-refractivity contribution is 6.40. The number of hydrogen-bond donors (Lipinski definition) is 1. The van der Waals surface area contributed by atoms with Crippen LogP contribution in [-0.4, -0.2) is 22.6 Å².